The molecular weight excluding hydrogens is 322 g/mol. The molecule has 6 heteroatoms. The van der Waals surface area contributed by atoms with Crippen LogP contribution in [0.4, 0.5) is 0 Å². The van der Waals surface area contributed by atoms with E-state index >= 15 is 0 Å². The molecule has 2 N–H and O–H groups in total. The number of thiophene rings is 1. The molecule has 0 amide bonds. The van der Waals surface area contributed by atoms with Crippen molar-refractivity contribution < 1.29 is 4.42 Å². The molecule has 0 aromatic carbocycles. The Bertz CT molecular complexity index is 910. The third-order valence-corrected chi connectivity index (χ3v) is 5.90. The topological polar surface area (TPSA) is 70.9 Å². The molecule has 0 saturated heterocycles. The SMILES string of the molecule is C[C@@H]1CCc2c(sc3nc([C@H](C)NCc4ccco4)[nH]c(=O)c23)C1. The van der Waals surface area contributed by atoms with E-state index in [0.29, 0.717) is 18.3 Å². The number of H-pyrrole nitrogens is 1. The van der Waals surface area contributed by atoms with Gasteiger partial charge < -0.3 is 14.7 Å². The Morgan fingerprint density at radius 2 is 2.42 bits per heavy atom. The number of furan rings is 1. The molecule has 0 fully saturated rings. The summed E-state index contributed by atoms with van der Waals surface area (Å²) in [4.78, 5) is 22.5. The van der Waals surface area contributed by atoms with Crippen LogP contribution >= 0.6 is 11.3 Å². The monoisotopic (exact) mass is 343 g/mol. The zero-order valence-electron chi connectivity index (χ0n) is 13.9. The van der Waals surface area contributed by atoms with Crippen molar-refractivity contribution in [3.8, 4) is 0 Å². The van der Waals surface area contributed by atoms with E-state index in [1.165, 1.54) is 10.4 Å². The van der Waals surface area contributed by atoms with Crippen LogP contribution in [0.2, 0.25) is 0 Å². The maximum Gasteiger partial charge on any atom is 0.259 e. The maximum absolute atomic E-state index is 12.6. The fourth-order valence-corrected chi connectivity index (χ4v) is 4.72. The van der Waals surface area contributed by atoms with E-state index in [1.54, 1.807) is 17.6 Å². The molecular formula is C18H21N3O2S. The standard InChI is InChI=1S/C18H21N3O2S/c1-10-5-6-13-14(8-10)24-18-15(13)17(22)20-16(21-18)11(2)19-9-12-4-3-7-23-12/h3-4,7,10-11,19H,5-6,8-9H2,1-2H3,(H,20,21,22)/t10-,11+/m1/s1. The van der Waals surface area contributed by atoms with Gasteiger partial charge in [-0.1, -0.05) is 6.92 Å². The Morgan fingerprint density at radius 1 is 1.54 bits per heavy atom. The third kappa shape index (κ3) is 2.80. The Morgan fingerprint density at radius 3 is 3.21 bits per heavy atom. The van der Waals surface area contributed by atoms with Crippen molar-refractivity contribution in [1.29, 1.82) is 0 Å². The Hall–Kier alpha value is -1.92. The molecule has 5 nitrogen and oxygen atoms in total. The summed E-state index contributed by atoms with van der Waals surface area (Å²) in [6, 6.07) is 3.74. The minimum absolute atomic E-state index is 0.00583. The molecule has 3 heterocycles. The number of nitrogens with one attached hydrogen (secondary N) is 2. The second-order valence-electron chi connectivity index (χ2n) is 6.67. The lowest BCUT2D eigenvalue weighted by molar-refractivity contribution is 0.453. The highest BCUT2D eigenvalue weighted by molar-refractivity contribution is 7.18. The highest BCUT2D eigenvalue weighted by Crippen LogP contribution is 2.35. The number of aromatic amines is 1. The van der Waals surface area contributed by atoms with Gasteiger partial charge in [0.25, 0.3) is 5.56 Å². The van der Waals surface area contributed by atoms with Gasteiger partial charge in [0.05, 0.1) is 24.2 Å². The summed E-state index contributed by atoms with van der Waals surface area (Å²) >= 11 is 1.69. The number of aromatic nitrogens is 2. The molecule has 1 aliphatic rings. The molecule has 126 valence electrons. The Labute approximate surface area is 144 Å². The number of rotatable bonds is 4. The molecule has 0 saturated carbocycles. The van der Waals surface area contributed by atoms with Crippen LogP contribution < -0.4 is 10.9 Å². The van der Waals surface area contributed by atoms with Crippen LogP contribution in [0.1, 0.15) is 48.3 Å². The predicted octanol–water partition coefficient (Wildman–Crippen LogP) is 3.55. The largest absolute Gasteiger partial charge is 0.468 e. The lowest BCUT2D eigenvalue weighted by atomic mass is 9.89. The third-order valence-electron chi connectivity index (χ3n) is 4.76. The summed E-state index contributed by atoms with van der Waals surface area (Å²) < 4.78 is 5.33. The quantitative estimate of drug-likeness (QED) is 0.760. The smallest absolute Gasteiger partial charge is 0.259 e. The normalized spacial score (nSPS) is 18.7. The van der Waals surface area contributed by atoms with E-state index in [4.69, 9.17) is 9.40 Å². The second kappa shape index (κ2) is 6.18. The Kier molecular flexibility index (Phi) is 4.02. The second-order valence-corrected chi connectivity index (χ2v) is 7.75. The number of hydrogen-bond acceptors (Lipinski definition) is 5. The van der Waals surface area contributed by atoms with Crippen LogP contribution in [0.5, 0.6) is 0 Å². The van der Waals surface area contributed by atoms with Gasteiger partial charge in [0.15, 0.2) is 0 Å². The highest BCUT2D eigenvalue weighted by atomic mass is 32.1. The van der Waals surface area contributed by atoms with E-state index in [1.807, 2.05) is 19.1 Å². The first-order chi connectivity index (χ1) is 11.6. The van der Waals surface area contributed by atoms with E-state index in [9.17, 15) is 4.79 Å². The molecule has 0 spiro atoms. The molecule has 0 radical (unpaired) electrons. The first-order valence-electron chi connectivity index (χ1n) is 8.42. The molecule has 3 aromatic rings. The van der Waals surface area contributed by atoms with Gasteiger partial charge in [0.1, 0.15) is 16.4 Å². The van der Waals surface area contributed by atoms with E-state index < -0.39 is 0 Å². The summed E-state index contributed by atoms with van der Waals surface area (Å²) in [5.74, 6) is 2.24. The molecule has 24 heavy (non-hydrogen) atoms. The van der Waals surface area contributed by atoms with Gasteiger partial charge in [-0.25, -0.2) is 4.98 Å². The minimum Gasteiger partial charge on any atom is -0.468 e. The van der Waals surface area contributed by atoms with E-state index in [0.717, 1.165) is 35.2 Å². The van der Waals surface area contributed by atoms with Crippen LogP contribution in [0.3, 0.4) is 0 Å². The zero-order chi connectivity index (χ0) is 16.7. The van der Waals surface area contributed by atoms with Crippen molar-refractivity contribution in [3.63, 3.8) is 0 Å². The summed E-state index contributed by atoms with van der Waals surface area (Å²) in [5.41, 5.74) is 1.22. The minimum atomic E-state index is -0.0507. The summed E-state index contributed by atoms with van der Waals surface area (Å²) in [7, 11) is 0. The Balaban J connectivity index is 1.64. The summed E-state index contributed by atoms with van der Waals surface area (Å²) in [5, 5.41) is 4.15. The predicted molar refractivity (Wildman–Crippen MR) is 95.4 cm³/mol. The molecule has 2 atom stereocenters. The van der Waals surface area contributed by atoms with Crippen LogP contribution in [0, 0.1) is 5.92 Å². The van der Waals surface area contributed by atoms with Crippen molar-refractivity contribution in [2.24, 2.45) is 5.92 Å². The van der Waals surface area contributed by atoms with Crippen LogP contribution in [-0.4, -0.2) is 9.97 Å². The van der Waals surface area contributed by atoms with Crippen LogP contribution in [0.15, 0.2) is 27.6 Å². The number of aryl methyl sites for hydroxylation is 1. The summed E-state index contributed by atoms with van der Waals surface area (Å²) in [6.07, 6.45) is 4.87. The van der Waals surface area contributed by atoms with Crippen molar-refractivity contribution >= 4 is 21.6 Å². The molecule has 0 unspecified atom stereocenters. The van der Waals surface area contributed by atoms with Gasteiger partial charge in [-0.3, -0.25) is 4.79 Å². The van der Waals surface area contributed by atoms with Crippen LogP contribution in [0.25, 0.3) is 10.2 Å². The average molecular weight is 343 g/mol. The van der Waals surface area contributed by atoms with Crippen molar-refractivity contribution in [3.05, 3.63) is 50.8 Å². The molecule has 1 aliphatic carbocycles. The molecule has 3 aromatic heterocycles. The number of nitrogens with zero attached hydrogens (tertiary/aromatic N) is 1. The highest BCUT2D eigenvalue weighted by Gasteiger charge is 2.23. The lowest BCUT2D eigenvalue weighted by Gasteiger charge is -2.17. The maximum atomic E-state index is 12.6. The first kappa shape index (κ1) is 15.6. The van der Waals surface area contributed by atoms with E-state index in [-0.39, 0.29) is 11.6 Å². The average Bonchev–Trinajstić information content (AvgIpc) is 3.18. The molecule has 0 bridgehead atoms. The first-order valence-corrected chi connectivity index (χ1v) is 9.23. The van der Waals surface area contributed by atoms with Crippen molar-refractivity contribution in [2.75, 3.05) is 0 Å². The van der Waals surface area contributed by atoms with Gasteiger partial charge in [0, 0.05) is 4.88 Å². The van der Waals surface area contributed by atoms with Crippen LogP contribution in [-0.2, 0) is 19.4 Å². The zero-order valence-corrected chi connectivity index (χ0v) is 14.7. The molecule has 4 rings (SSSR count). The lowest BCUT2D eigenvalue weighted by Crippen LogP contribution is -2.23. The van der Waals surface area contributed by atoms with Gasteiger partial charge in [-0.2, -0.15) is 0 Å². The number of fused-ring (bicyclic) bond motifs is 3. The van der Waals surface area contributed by atoms with Gasteiger partial charge >= 0.3 is 0 Å². The molecule has 0 aliphatic heterocycles. The summed E-state index contributed by atoms with van der Waals surface area (Å²) in [6.45, 7) is 4.88. The van der Waals surface area contributed by atoms with Crippen molar-refractivity contribution in [1.82, 2.24) is 15.3 Å². The fourth-order valence-electron chi connectivity index (χ4n) is 3.33. The van der Waals surface area contributed by atoms with Gasteiger partial charge in [-0.05, 0) is 49.8 Å². The van der Waals surface area contributed by atoms with Crippen molar-refractivity contribution in [2.45, 2.75) is 45.7 Å². The fraction of sp³-hybridized carbons (Fsp3) is 0.444. The number of hydrogen-bond donors (Lipinski definition) is 2. The van der Waals surface area contributed by atoms with E-state index in [2.05, 4.69) is 17.2 Å². The van der Waals surface area contributed by atoms with Gasteiger partial charge in [-0.15, -0.1) is 11.3 Å². The van der Waals surface area contributed by atoms with Gasteiger partial charge in [0.2, 0.25) is 0 Å².